The number of esters is 1. The fourth-order valence-electron chi connectivity index (χ4n) is 4.43. The summed E-state index contributed by atoms with van der Waals surface area (Å²) in [5.74, 6) is 1.75. The van der Waals surface area contributed by atoms with Crippen molar-refractivity contribution in [3.05, 3.63) is 0 Å². The zero-order chi connectivity index (χ0) is 14.7. The first kappa shape index (κ1) is 15.3. The number of rotatable bonds is 5. The summed E-state index contributed by atoms with van der Waals surface area (Å²) in [6.07, 6.45) is 8.35. The maximum absolute atomic E-state index is 12.2. The first-order valence-corrected chi connectivity index (χ1v) is 8.72. The Morgan fingerprint density at radius 2 is 2.00 bits per heavy atom. The number of ether oxygens (including phenoxy) is 2. The molecule has 1 heterocycles. The molecule has 0 amide bonds. The van der Waals surface area contributed by atoms with Gasteiger partial charge in [0.25, 0.3) is 0 Å². The van der Waals surface area contributed by atoms with Gasteiger partial charge in [-0.3, -0.25) is 9.69 Å². The topological polar surface area (TPSA) is 38.8 Å². The van der Waals surface area contributed by atoms with E-state index in [1.807, 2.05) is 6.92 Å². The van der Waals surface area contributed by atoms with Crippen LogP contribution in [0.15, 0.2) is 0 Å². The van der Waals surface area contributed by atoms with Gasteiger partial charge in [0, 0.05) is 18.6 Å². The minimum atomic E-state index is -0.0135. The van der Waals surface area contributed by atoms with Gasteiger partial charge in [0.15, 0.2) is 0 Å². The second-order valence-electron chi connectivity index (χ2n) is 7.00. The fourth-order valence-corrected chi connectivity index (χ4v) is 4.43. The SMILES string of the molecule is CCOC(=O)CC1(N2CCOCC2)CCCC(C2CC2)C1. The number of carbonyl (C=O) groups excluding carboxylic acids is 1. The zero-order valence-electron chi connectivity index (χ0n) is 13.3. The highest BCUT2D eigenvalue weighted by Gasteiger charge is 2.46. The molecule has 0 radical (unpaired) electrons. The van der Waals surface area contributed by atoms with Crippen LogP contribution in [0, 0.1) is 11.8 Å². The highest BCUT2D eigenvalue weighted by Crippen LogP contribution is 2.49. The predicted molar refractivity (Wildman–Crippen MR) is 81.1 cm³/mol. The molecule has 0 spiro atoms. The van der Waals surface area contributed by atoms with Crippen molar-refractivity contribution in [2.75, 3.05) is 32.9 Å². The molecule has 1 aliphatic heterocycles. The summed E-state index contributed by atoms with van der Waals surface area (Å²) >= 11 is 0. The molecule has 1 saturated heterocycles. The van der Waals surface area contributed by atoms with Gasteiger partial charge in [0.05, 0.1) is 26.2 Å². The van der Waals surface area contributed by atoms with E-state index in [0.717, 1.165) is 44.6 Å². The number of nitrogens with zero attached hydrogens (tertiary/aromatic N) is 1. The zero-order valence-corrected chi connectivity index (χ0v) is 13.3. The lowest BCUT2D eigenvalue weighted by atomic mass is 9.71. The number of morpholine rings is 1. The highest BCUT2D eigenvalue weighted by molar-refractivity contribution is 5.71. The Labute approximate surface area is 128 Å². The smallest absolute Gasteiger partial charge is 0.307 e. The lowest BCUT2D eigenvalue weighted by Crippen LogP contribution is -2.56. The Morgan fingerprint density at radius 1 is 1.24 bits per heavy atom. The molecule has 0 aromatic rings. The van der Waals surface area contributed by atoms with Crippen LogP contribution in [0.2, 0.25) is 0 Å². The molecule has 0 aromatic heterocycles. The van der Waals surface area contributed by atoms with Gasteiger partial charge >= 0.3 is 5.97 Å². The number of hydrogen-bond donors (Lipinski definition) is 0. The van der Waals surface area contributed by atoms with Crippen molar-refractivity contribution < 1.29 is 14.3 Å². The minimum absolute atomic E-state index is 0.0135. The quantitative estimate of drug-likeness (QED) is 0.731. The average molecular weight is 295 g/mol. The summed E-state index contributed by atoms with van der Waals surface area (Å²) in [5, 5.41) is 0. The third kappa shape index (κ3) is 3.59. The van der Waals surface area contributed by atoms with Gasteiger partial charge in [-0.25, -0.2) is 0 Å². The average Bonchev–Trinajstić information content (AvgIpc) is 3.33. The van der Waals surface area contributed by atoms with E-state index in [9.17, 15) is 4.79 Å². The van der Waals surface area contributed by atoms with Gasteiger partial charge in [-0.05, 0) is 44.4 Å². The van der Waals surface area contributed by atoms with E-state index in [4.69, 9.17) is 9.47 Å². The van der Waals surface area contributed by atoms with E-state index in [2.05, 4.69) is 4.90 Å². The van der Waals surface area contributed by atoms with E-state index in [-0.39, 0.29) is 11.5 Å². The van der Waals surface area contributed by atoms with Crippen molar-refractivity contribution in [2.24, 2.45) is 11.8 Å². The van der Waals surface area contributed by atoms with Crippen LogP contribution in [-0.2, 0) is 14.3 Å². The molecule has 0 aromatic carbocycles. The van der Waals surface area contributed by atoms with Gasteiger partial charge in [-0.2, -0.15) is 0 Å². The van der Waals surface area contributed by atoms with Crippen LogP contribution < -0.4 is 0 Å². The van der Waals surface area contributed by atoms with Crippen molar-refractivity contribution >= 4 is 5.97 Å². The van der Waals surface area contributed by atoms with E-state index >= 15 is 0 Å². The molecule has 2 aliphatic carbocycles. The van der Waals surface area contributed by atoms with E-state index in [0.29, 0.717) is 13.0 Å². The summed E-state index contributed by atoms with van der Waals surface area (Å²) in [4.78, 5) is 14.7. The Kier molecular flexibility index (Phi) is 4.85. The third-order valence-electron chi connectivity index (χ3n) is 5.61. The van der Waals surface area contributed by atoms with Crippen LogP contribution in [0.5, 0.6) is 0 Å². The molecule has 2 atom stereocenters. The second-order valence-corrected chi connectivity index (χ2v) is 7.00. The first-order valence-electron chi connectivity index (χ1n) is 8.72. The predicted octanol–water partition coefficient (Wildman–Crippen LogP) is 2.61. The van der Waals surface area contributed by atoms with Gasteiger partial charge in [-0.15, -0.1) is 0 Å². The maximum Gasteiger partial charge on any atom is 0.307 e. The summed E-state index contributed by atoms with van der Waals surface area (Å²) in [7, 11) is 0. The van der Waals surface area contributed by atoms with Gasteiger partial charge in [0.2, 0.25) is 0 Å². The molecule has 3 fully saturated rings. The molecule has 3 aliphatic rings. The van der Waals surface area contributed by atoms with Crippen molar-refractivity contribution in [1.82, 2.24) is 4.90 Å². The fraction of sp³-hybridized carbons (Fsp3) is 0.941. The third-order valence-corrected chi connectivity index (χ3v) is 5.61. The summed E-state index contributed by atoms with van der Waals surface area (Å²) in [6, 6.07) is 0. The van der Waals surface area contributed by atoms with Crippen molar-refractivity contribution in [3.63, 3.8) is 0 Å². The van der Waals surface area contributed by atoms with Crippen molar-refractivity contribution in [1.29, 1.82) is 0 Å². The Balaban J connectivity index is 1.73. The number of carbonyl (C=O) groups is 1. The molecule has 4 nitrogen and oxygen atoms in total. The molecular formula is C17H29NO3. The standard InChI is InChI=1S/C17H29NO3/c1-2-21-16(19)13-17(18-8-10-20-11-9-18)7-3-4-15(12-17)14-5-6-14/h14-15H,2-13H2,1H3. The van der Waals surface area contributed by atoms with E-state index in [1.54, 1.807) is 0 Å². The lowest BCUT2D eigenvalue weighted by molar-refractivity contribution is -0.149. The molecule has 3 rings (SSSR count). The molecule has 0 N–H and O–H groups in total. The summed E-state index contributed by atoms with van der Waals surface area (Å²) < 4.78 is 10.8. The van der Waals surface area contributed by atoms with Crippen LogP contribution >= 0.6 is 0 Å². The van der Waals surface area contributed by atoms with Gasteiger partial charge < -0.3 is 9.47 Å². The normalized spacial score (nSPS) is 34.6. The molecule has 2 saturated carbocycles. The van der Waals surface area contributed by atoms with Gasteiger partial charge in [0.1, 0.15) is 0 Å². The van der Waals surface area contributed by atoms with Gasteiger partial charge in [-0.1, -0.05) is 12.8 Å². The van der Waals surface area contributed by atoms with Crippen molar-refractivity contribution in [2.45, 2.75) is 57.4 Å². The molecule has 0 bridgehead atoms. The highest BCUT2D eigenvalue weighted by atomic mass is 16.5. The van der Waals surface area contributed by atoms with Crippen LogP contribution in [0.3, 0.4) is 0 Å². The number of hydrogen-bond acceptors (Lipinski definition) is 4. The Morgan fingerprint density at radius 3 is 2.67 bits per heavy atom. The van der Waals surface area contributed by atoms with Crippen LogP contribution in [0.1, 0.15) is 51.9 Å². The summed E-state index contributed by atoms with van der Waals surface area (Å²) in [5.41, 5.74) is 0.0432. The molecular weight excluding hydrogens is 266 g/mol. The van der Waals surface area contributed by atoms with Crippen LogP contribution in [0.25, 0.3) is 0 Å². The summed E-state index contributed by atoms with van der Waals surface area (Å²) in [6.45, 7) is 5.93. The minimum Gasteiger partial charge on any atom is -0.466 e. The largest absolute Gasteiger partial charge is 0.466 e. The lowest BCUT2D eigenvalue weighted by Gasteiger charge is -2.49. The van der Waals surface area contributed by atoms with Crippen molar-refractivity contribution in [3.8, 4) is 0 Å². The van der Waals surface area contributed by atoms with E-state index < -0.39 is 0 Å². The molecule has 21 heavy (non-hydrogen) atoms. The van der Waals surface area contributed by atoms with Crippen LogP contribution in [-0.4, -0.2) is 49.3 Å². The maximum atomic E-state index is 12.2. The van der Waals surface area contributed by atoms with E-state index in [1.165, 1.54) is 32.1 Å². The van der Waals surface area contributed by atoms with Crippen LogP contribution in [0.4, 0.5) is 0 Å². The Hall–Kier alpha value is -0.610. The monoisotopic (exact) mass is 295 g/mol. The first-order chi connectivity index (χ1) is 10.2. The Bertz CT molecular complexity index is 363. The molecule has 2 unspecified atom stereocenters. The molecule has 120 valence electrons. The molecule has 4 heteroatoms. The second kappa shape index (κ2) is 6.66.